The van der Waals surface area contributed by atoms with Gasteiger partial charge >= 0.3 is 41.5 Å². The molecule has 0 radical (unpaired) electrons. The fraction of sp³-hybridized carbons (Fsp3) is 0.278. The van der Waals surface area contributed by atoms with Crippen molar-refractivity contribution in [3.63, 3.8) is 0 Å². The number of nitrogens with one attached hydrogen (secondary N) is 1. The molecule has 0 aliphatic heterocycles. The molecule has 8 nitrogen and oxygen atoms in total. The third-order valence-corrected chi connectivity index (χ3v) is 3.74. The Hall–Kier alpha value is -2.13. The van der Waals surface area contributed by atoms with E-state index in [0.29, 0.717) is 16.7 Å². The van der Waals surface area contributed by atoms with Crippen LogP contribution in [-0.4, -0.2) is 36.3 Å². The zero-order chi connectivity index (χ0) is 19.3. The maximum Gasteiger partial charge on any atom is 1.00 e. The molecule has 4 N–H and O–H groups in total. The van der Waals surface area contributed by atoms with Gasteiger partial charge in [0.25, 0.3) is 0 Å². The number of amides is 1. The third-order valence-electron chi connectivity index (χ3n) is 3.74. The molecule has 0 bridgehead atoms. The summed E-state index contributed by atoms with van der Waals surface area (Å²) < 4.78 is 10.1. The van der Waals surface area contributed by atoms with Gasteiger partial charge in [-0.1, -0.05) is 24.3 Å². The maximum atomic E-state index is 12.3. The number of carbonyl (C=O) groups is 3. The van der Waals surface area contributed by atoms with E-state index >= 15 is 0 Å². The number of esters is 2. The summed E-state index contributed by atoms with van der Waals surface area (Å²) in [5.74, 6) is -1.88. The Labute approximate surface area is 180 Å². The van der Waals surface area contributed by atoms with Crippen LogP contribution in [0.3, 0.4) is 0 Å². The maximum absolute atomic E-state index is 12.3. The number of hydroxylamine groups is 1. The number of ether oxygens (including phenoxy) is 2. The minimum atomic E-state index is -0.647. The first-order valence-electron chi connectivity index (χ1n) is 8.05. The summed E-state index contributed by atoms with van der Waals surface area (Å²) in [6, 6.07) is 6.38. The number of carbonyl (C=O) groups excluding carboxylic acids is 3. The number of fused-ring (bicyclic) bond motifs is 1. The molecule has 0 aromatic heterocycles. The van der Waals surface area contributed by atoms with Gasteiger partial charge in [0.05, 0.1) is 36.4 Å². The average molecular weight is 384 g/mol. The molecule has 0 saturated carbocycles. The Morgan fingerprint density at radius 2 is 1.44 bits per heavy atom. The molecular formula is C18H21N2NaO6. The molecule has 0 spiro atoms. The zero-order valence-corrected chi connectivity index (χ0v) is 17.5. The van der Waals surface area contributed by atoms with E-state index in [2.05, 4.69) is 0 Å². The topological polar surface area (TPSA) is 128 Å². The molecule has 0 saturated heterocycles. The molecule has 1 amide bonds. The van der Waals surface area contributed by atoms with E-state index in [1.807, 2.05) is 0 Å². The van der Waals surface area contributed by atoms with Crippen LogP contribution >= 0.6 is 0 Å². The van der Waals surface area contributed by atoms with Gasteiger partial charge in [0.15, 0.2) is 0 Å². The zero-order valence-electron chi connectivity index (χ0n) is 16.5. The van der Waals surface area contributed by atoms with E-state index in [0.717, 1.165) is 0 Å². The van der Waals surface area contributed by atoms with Crippen molar-refractivity contribution >= 4 is 23.5 Å². The third kappa shape index (κ3) is 4.98. The van der Waals surface area contributed by atoms with Crippen LogP contribution in [0.25, 0.3) is 11.1 Å². The number of nitrogen functional groups attached to an aromatic ring is 1. The van der Waals surface area contributed by atoms with Crippen LogP contribution in [0.2, 0.25) is 0 Å². The van der Waals surface area contributed by atoms with Crippen molar-refractivity contribution in [1.29, 1.82) is 0 Å². The van der Waals surface area contributed by atoms with Gasteiger partial charge in [0.1, 0.15) is 0 Å². The van der Waals surface area contributed by atoms with Crippen LogP contribution in [0.5, 0.6) is 0 Å². The minimum Gasteiger partial charge on any atom is -1.00 e. The smallest absolute Gasteiger partial charge is 1.00 e. The van der Waals surface area contributed by atoms with E-state index in [4.69, 9.17) is 20.4 Å². The van der Waals surface area contributed by atoms with Gasteiger partial charge in [-0.3, -0.25) is 10.0 Å². The number of hydrogen-bond donors (Lipinski definition) is 3. The fourth-order valence-electron chi connectivity index (χ4n) is 2.66. The monoisotopic (exact) mass is 384 g/mol. The normalized spacial score (nSPS) is 10.0. The Bertz CT molecular complexity index is 774. The predicted molar refractivity (Wildman–Crippen MR) is 94.1 cm³/mol. The van der Waals surface area contributed by atoms with E-state index < -0.39 is 17.8 Å². The number of anilines is 1. The molecule has 0 heterocycles. The van der Waals surface area contributed by atoms with Crippen molar-refractivity contribution in [2.24, 2.45) is 0 Å². The first kappa shape index (κ1) is 22.9. The predicted octanol–water partition coefficient (Wildman–Crippen LogP) is -1.11. The summed E-state index contributed by atoms with van der Waals surface area (Å²) in [7, 11) is 0. The Morgan fingerprint density at radius 3 is 1.81 bits per heavy atom. The SMILES string of the molecule is CCOC(=O)c1c2ccc(CC(=O)NO)ccc-2c(C(=O)OCC)c1N.[H-].[Na+]. The van der Waals surface area contributed by atoms with E-state index in [1.54, 1.807) is 43.6 Å². The molecule has 27 heavy (non-hydrogen) atoms. The minimum absolute atomic E-state index is 0. The van der Waals surface area contributed by atoms with Crippen molar-refractivity contribution in [3.05, 3.63) is 41.0 Å². The largest absolute Gasteiger partial charge is 1.00 e. The summed E-state index contributed by atoms with van der Waals surface area (Å²) in [6.45, 7) is 3.63. The van der Waals surface area contributed by atoms with Crippen LogP contribution in [-0.2, 0) is 20.7 Å². The second-order valence-electron chi connectivity index (χ2n) is 5.39. The van der Waals surface area contributed by atoms with Crippen LogP contribution in [0.15, 0.2) is 24.3 Å². The molecule has 9 heteroatoms. The van der Waals surface area contributed by atoms with Crippen LogP contribution in [0.4, 0.5) is 5.69 Å². The number of hydrogen-bond acceptors (Lipinski definition) is 7. The fourth-order valence-corrected chi connectivity index (χ4v) is 2.66. The first-order valence-corrected chi connectivity index (χ1v) is 8.05. The summed E-state index contributed by atoms with van der Waals surface area (Å²) in [4.78, 5) is 36.0. The molecular weight excluding hydrogens is 363 g/mol. The van der Waals surface area contributed by atoms with Gasteiger partial charge in [0, 0.05) is 0 Å². The Morgan fingerprint density at radius 1 is 1.00 bits per heavy atom. The second-order valence-corrected chi connectivity index (χ2v) is 5.39. The number of rotatable bonds is 6. The van der Waals surface area contributed by atoms with Gasteiger partial charge in [-0.05, 0) is 30.5 Å². The van der Waals surface area contributed by atoms with Crippen molar-refractivity contribution in [3.8, 4) is 11.1 Å². The van der Waals surface area contributed by atoms with Crippen molar-refractivity contribution in [2.45, 2.75) is 20.3 Å². The average Bonchev–Trinajstić information content (AvgIpc) is 2.74. The summed E-state index contributed by atoms with van der Waals surface area (Å²) >= 11 is 0. The molecule has 2 rings (SSSR count). The van der Waals surface area contributed by atoms with Crippen molar-refractivity contribution < 1.29 is 60.0 Å². The van der Waals surface area contributed by atoms with Crippen LogP contribution in [0, 0.1) is 0 Å². The Kier molecular flexibility index (Phi) is 8.71. The quantitative estimate of drug-likeness (QED) is 0.249. The molecule has 0 aromatic carbocycles. The standard InChI is InChI=1S/C18H20N2O6.Na.H/c1-3-25-17(22)14-11-7-5-10(9-13(21)20-24)6-8-12(11)15(16(14)19)18(23)26-4-2;;/h5-8,24H,3-4,9,19H2,1-2H3,(H,20,21);;/q;+1;-1. The number of nitrogens with two attached hydrogens (primary N) is 1. The van der Waals surface area contributed by atoms with E-state index in [-0.39, 0.29) is 67.4 Å². The summed E-state index contributed by atoms with van der Waals surface area (Å²) in [5, 5.41) is 8.66. The Balaban J connectivity index is 0.00000364. The molecule has 2 aliphatic carbocycles. The second kappa shape index (κ2) is 10.3. The molecule has 0 aromatic rings. The molecule has 140 valence electrons. The molecule has 2 aliphatic rings. The van der Waals surface area contributed by atoms with Gasteiger partial charge in [0.2, 0.25) is 5.91 Å². The van der Waals surface area contributed by atoms with Crippen LogP contribution < -0.4 is 40.8 Å². The molecule has 0 unspecified atom stereocenters. The van der Waals surface area contributed by atoms with Crippen molar-refractivity contribution in [1.82, 2.24) is 5.48 Å². The van der Waals surface area contributed by atoms with Gasteiger partial charge in [-0.15, -0.1) is 0 Å². The summed E-state index contributed by atoms with van der Waals surface area (Å²) in [5.41, 5.74) is 9.17. The van der Waals surface area contributed by atoms with Crippen molar-refractivity contribution in [2.75, 3.05) is 18.9 Å². The van der Waals surface area contributed by atoms with Gasteiger partial charge < -0.3 is 16.6 Å². The van der Waals surface area contributed by atoms with E-state index in [9.17, 15) is 14.4 Å². The molecule has 0 atom stereocenters. The van der Waals surface area contributed by atoms with E-state index in [1.165, 1.54) is 0 Å². The van der Waals surface area contributed by atoms with Gasteiger partial charge in [-0.2, -0.15) is 0 Å². The first-order chi connectivity index (χ1) is 12.4. The van der Waals surface area contributed by atoms with Crippen LogP contribution in [0.1, 0.15) is 41.6 Å². The van der Waals surface area contributed by atoms with Gasteiger partial charge in [-0.25, -0.2) is 15.1 Å². The molecule has 0 fully saturated rings. The summed E-state index contributed by atoms with van der Waals surface area (Å²) in [6.07, 6.45) is -0.0767.